The lowest BCUT2D eigenvalue weighted by atomic mass is 9.98. The number of carbonyl (C=O) groups excluding carboxylic acids is 1. The summed E-state index contributed by atoms with van der Waals surface area (Å²) in [4.78, 5) is 14.3. The largest absolute Gasteiger partial charge is 0.319 e. The van der Waals surface area contributed by atoms with Gasteiger partial charge in [0.25, 0.3) is 0 Å². The van der Waals surface area contributed by atoms with Crippen molar-refractivity contribution < 1.29 is 9.18 Å². The fourth-order valence-corrected chi connectivity index (χ4v) is 2.72. The van der Waals surface area contributed by atoms with Crippen molar-refractivity contribution in [2.75, 3.05) is 0 Å². The lowest BCUT2D eigenvalue weighted by Crippen LogP contribution is -2.41. The van der Waals surface area contributed by atoms with Crippen LogP contribution >= 0.6 is 0 Å². The lowest BCUT2D eigenvalue weighted by Gasteiger charge is -2.34. The summed E-state index contributed by atoms with van der Waals surface area (Å²) in [6.07, 6.45) is 0.770. The van der Waals surface area contributed by atoms with E-state index in [-0.39, 0.29) is 30.0 Å². The Morgan fingerprint density at radius 3 is 2.70 bits per heavy atom. The summed E-state index contributed by atoms with van der Waals surface area (Å²) in [6, 6.07) is 6.37. The summed E-state index contributed by atoms with van der Waals surface area (Å²) < 4.78 is 13.4. The van der Waals surface area contributed by atoms with Crippen LogP contribution in [0.25, 0.3) is 0 Å². The van der Waals surface area contributed by atoms with Crippen LogP contribution in [0.5, 0.6) is 0 Å². The van der Waals surface area contributed by atoms with Gasteiger partial charge in [-0.05, 0) is 37.5 Å². The van der Waals surface area contributed by atoms with Gasteiger partial charge in [0.15, 0.2) is 0 Å². The predicted molar refractivity (Wildman–Crippen MR) is 77.5 cm³/mol. The van der Waals surface area contributed by atoms with Crippen molar-refractivity contribution in [3.8, 4) is 0 Å². The first-order valence-corrected chi connectivity index (χ1v) is 7.29. The molecule has 3 nitrogen and oxygen atoms in total. The molecule has 0 bridgehead atoms. The second kappa shape index (κ2) is 5.92. The molecule has 20 heavy (non-hydrogen) atoms. The highest BCUT2D eigenvalue weighted by Crippen LogP contribution is 2.30. The minimum absolute atomic E-state index is 0.0899. The van der Waals surface area contributed by atoms with Gasteiger partial charge in [-0.15, -0.1) is 0 Å². The van der Waals surface area contributed by atoms with E-state index >= 15 is 0 Å². The highest BCUT2D eigenvalue weighted by atomic mass is 19.1. The number of amides is 1. The molecule has 1 aromatic carbocycles. The van der Waals surface area contributed by atoms with Crippen LogP contribution in [0.4, 0.5) is 4.39 Å². The molecular formula is C16H23FN2O. The minimum Gasteiger partial charge on any atom is -0.319 e. The number of rotatable bonds is 4. The van der Waals surface area contributed by atoms with Crippen LogP contribution in [0.1, 0.15) is 45.8 Å². The summed E-state index contributed by atoms with van der Waals surface area (Å²) in [5, 5.41) is 3.27. The molecule has 1 amide bonds. The van der Waals surface area contributed by atoms with Gasteiger partial charge >= 0.3 is 0 Å². The third kappa shape index (κ3) is 2.70. The van der Waals surface area contributed by atoms with Gasteiger partial charge in [-0.2, -0.15) is 0 Å². The van der Waals surface area contributed by atoms with Gasteiger partial charge < -0.3 is 4.90 Å². The highest BCUT2D eigenvalue weighted by molar-refractivity contribution is 5.84. The molecule has 1 heterocycles. The van der Waals surface area contributed by atoms with E-state index in [1.54, 1.807) is 6.07 Å². The lowest BCUT2D eigenvalue weighted by molar-refractivity contribution is -0.132. The number of carbonyl (C=O) groups is 1. The minimum atomic E-state index is -0.271. The maximum atomic E-state index is 13.4. The zero-order valence-electron chi connectivity index (χ0n) is 12.6. The average molecular weight is 278 g/mol. The van der Waals surface area contributed by atoms with E-state index in [0.717, 1.165) is 12.0 Å². The maximum absolute atomic E-state index is 13.4. The van der Waals surface area contributed by atoms with E-state index in [1.807, 2.05) is 17.9 Å². The molecule has 1 fully saturated rings. The summed E-state index contributed by atoms with van der Waals surface area (Å²) in [7, 11) is 0. The second-order valence-electron chi connectivity index (χ2n) is 5.72. The molecule has 2 rings (SSSR count). The first kappa shape index (κ1) is 15.0. The molecule has 4 unspecified atom stereocenters. The molecule has 1 aliphatic heterocycles. The van der Waals surface area contributed by atoms with Crippen molar-refractivity contribution in [3.63, 3.8) is 0 Å². The van der Waals surface area contributed by atoms with Crippen LogP contribution in [0.15, 0.2) is 24.3 Å². The van der Waals surface area contributed by atoms with E-state index in [0.29, 0.717) is 5.92 Å². The summed E-state index contributed by atoms with van der Waals surface area (Å²) in [5.41, 5.74) is 0.804. The fourth-order valence-electron chi connectivity index (χ4n) is 2.72. The summed E-state index contributed by atoms with van der Waals surface area (Å²) in [6.45, 7) is 8.19. The molecule has 0 aromatic heterocycles. The molecule has 1 aromatic rings. The molecular weight excluding hydrogens is 255 g/mol. The van der Waals surface area contributed by atoms with Crippen LogP contribution in [-0.2, 0) is 4.79 Å². The van der Waals surface area contributed by atoms with Gasteiger partial charge in [-0.1, -0.05) is 32.4 Å². The molecule has 110 valence electrons. The number of hydrogen-bond donors (Lipinski definition) is 1. The number of halogens is 1. The zero-order valence-corrected chi connectivity index (χ0v) is 12.6. The Balaban J connectivity index is 2.33. The smallest absolute Gasteiger partial charge is 0.241 e. The Morgan fingerprint density at radius 1 is 1.40 bits per heavy atom. The third-order valence-corrected chi connectivity index (χ3v) is 4.38. The van der Waals surface area contributed by atoms with Crippen molar-refractivity contribution in [1.82, 2.24) is 10.2 Å². The highest BCUT2D eigenvalue weighted by Gasteiger charge is 2.40. The normalized spacial score (nSPS) is 25.9. The van der Waals surface area contributed by atoms with Gasteiger partial charge in [0, 0.05) is 6.04 Å². The zero-order chi connectivity index (χ0) is 14.9. The first-order chi connectivity index (χ1) is 9.45. The number of benzene rings is 1. The Labute approximate surface area is 120 Å². The molecule has 1 saturated heterocycles. The van der Waals surface area contributed by atoms with Crippen molar-refractivity contribution in [1.29, 1.82) is 0 Å². The van der Waals surface area contributed by atoms with E-state index < -0.39 is 0 Å². The summed E-state index contributed by atoms with van der Waals surface area (Å²) >= 11 is 0. The van der Waals surface area contributed by atoms with Gasteiger partial charge in [-0.3, -0.25) is 10.1 Å². The topological polar surface area (TPSA) is 32.3 Å². The number of hydrogen-bond acceptors (Lipinski definition) is 2. The third-order valence-electron chi connectivity index (χ3n) is 4.38. The van der Waals surface area contributed by atoms with Crippen molar-refractivity contribution in [2.24, 2.45) is 5.92 Å². The number of nitrogens with one attached hydrogen (secondary N) is 1. The average Bonchev–Trinajstić information content (AvgIpc) is 2.73. The van der Waals surface area contributed by atoms with Crippen molar-refractivity contribution >= 4 is 5.91 Å². The van der Waals surface area contributed by atoms with E-state index in [9.17, 15) is 9.18 Å². The van der Waals surface area contributed by atoms with Crippen molar-refractivity contribution in [3.05, 3.63) is 35.6 Å². The van der Waals surface area contributed by atoms with Gasteiger partial charge in [0.2, 0.25) is 5.91 Å². The fraction of sp³-hybridized carbons (Fsp3) is 0.562. The van der Waals surface area contributed by atoms with Crippen LogP contribution < -0.4 is 5.32 Å². The molecule has 0 saturated carbocycles. The monoisotopic (exact) mass is 278 g/mol. The Kier molecular flexibility index (Phi) is 4.43. The SMILES string of the molecule is CCC(C)C(C)N1C(=O)C(C)NC1c1cccc(F)c1. The van der Waals surface area contributed by atoms with E-state index in [2.05, 4.69) is 26.1 Å². The summed E-state index contributed by atoms with van der Waals surface area (Å²) in [5.74, 6) is 0.224. The van der Waals surface area contributed by atoms with Crippen LogP contribution in [-0.4, -0.2) is 22.9 Å². The van der Waals surface area contributed by atoms with Crippen LogP contribution in [0.3, 0.4) is 0 Å². The molecule has 4 heteroatoms. The van der Waals surface area contributed by atoms with E-state index in [4.69, 9.17) is 0 Å². The van der Waals surface area contributed by atoms with Gasteiger partial charge in [0.05, 0.1) is 6.04 Å². The quantitative estimate of drug-likeness (QED) is 0.918. The standard InChI is InChI=1S/C16H23FN2O/c1-5-10(2)12(4)19-15(18-11(3)16(19)20)13-7-6-8-14(17)9-13/h6-12,15,18H,5H2,1-4H3. The first-order valence-electron chi connectivity index (χ1n) is 7.29. The molecule has 0 radical (unpaired) electrons. The Hall–Kier alpha value is -1.42. The van der Waals surface area contributed by atoms with Crippen molar-refractivity contribution in [2.45, 2.75) is 52.4 Å². The maximum Gasteiger partial charge on any atom is 0.241 e. The van der Waals surface area contributed by atoms with Gasteiger partial charge in [-0.25, -0.2) is 4.39 Å². The van der Waals surface area contributed by atoms with Crippen LogP contribution in [0, 0.1) is 11.7 Å². The molecule has 4 atom stereocenters. The molecule has 1 N–H and O–H groups in total. The van der Waals surface area contributed by atoms with Gasteiger partial charge in [0.1, 0.15) is 12.0 Å². The molecule has 0 spiro atoms. The Morgan fingerprint density at radius 2 is 2.10 bits per heavy atom. The molecule has 0 aliphatic carbocycles. The predicted octanol–water partition coefficient (Wildman–Crippen LogP) is 3.08. The van der Waals surface area contributed by atoms with Crippen LogP contribution in [0.2, 0.25) is 0 Å². The molecule has 1 aliphatic rings. The second-order valence-corrected chi connectivity index (χ2v) is 5.72. The Bertz CT molecular complexity index is 491. The number of nitrogens with zero attached hydrogens (tertiary/aromatic N) is 1. The van der Waals surface area contributed by atoms with E-state index in [1.165, 1.54) is 12.1 Å².